The Bertz CT molecular complexity index is 490. The second-order valence-electron chi connectivity index (χ2n) is 5.66. The zero-order chi connectivity index (χ0) is 13.8. The molecule has 3 N–H and O–H groups in total. The Labute approximate surface area is 110 Å². The molecule has 0 aliphatic heterocycles. The maximum atomic E-state index is 11.9. The fourth-order valence-electron chi connectivity index (χ4n) is 1.50. The van der Waals surface area contributed by atoms with E-state index in [4.69, 9.17) is 5.73 Å². The van der Waals surface area contributed by atoms with Crippen molar-refractivity contribution in [1.29, 1.82) is 0 Å². The van der Waals surface area contributed by atoms with Crippen LogP contribution in [-0.2, 0) is 15.8 Å². The number of hydrogen-bond acceptors (Lipinski definition) is 3. The van der Waals surface area contributed by atoms with Gasteiger partial charge in [-0.05, 0) is 23.5 Å². The van der Waals surface area contributed by atoms with E-state index < -0.39 is 10.0 Å². The van der Waals surface area contributed by atoms with Gasteiger partial charge in [-0.25, -0.2) is 13.1 Å². The van der Waals surface area contributed by atoms with E-state index >= 15 is 0 Å². The van der Waals surface area contributed by atoms with Crippen molar-refractivity contribution in [1.82, 2.24) is 4.72 Å². The Hall–Kier alpha value is -1.07. The summed E-state index contributed by atoms with van der Waals surface area (Å²) in [6.45, 7) is 6.70. The summed E-state index contributed by atoms with van der Waals surface area (Å²) in [5.74, 6) is -0.0657. The van der Waals surface area contributed by atoms with Crippen molar-refractivity contribution >= 4 is 15.7 Å². The topological polar surface area (TPSA) is 72.2 Å². The summed E-state index contributed by atoms with van der Waals surface area (Å²) in [7, 11) is -3.31. The van der Waals surface area contributed by atoms with Crippen LogP contribution in [0, 0.1) is 5.41 Å². The number of anilines is 1. The molecular formula is C13H22N2O2S. The summed E-state index contributed by atoms with van der Waals surface area (Å²) in [5.41, 5.74) is 7.01. The standard InChI is InChI=1S/C13H22N2O2S/c1-13(2,3)8-9-15-18(16,17)10-11-6-4-5-7-12(11)14/h4-7,15H,8-10,14H2,1-3H3. The molecular weight excluding hydrogens is 248 g/mol. The average Bonchev–Trinajstić information content (AvgIpc) is 2.18. The van der Waals surface area contributed by atoms with Gasteiger partial charge in [0.15, 0.2) is 0 Å². The first-order chi connectivity index (χ1) is 8.20. The van der Waals surface area contributed by atoms with E-state index in [1.165, 1.54) is 0 Å². The van der Waals surface area contributed by atoms with Crippen molar-refractivity contribution in [3.8, 4) is 0 Å². The van der Waals surface area contributed by atoms with E-state index in [1.807, 2.05) is 0 Å². The van der Waals surface area contributed by atoms with Crippen LogP contribution in [0.4, 0.5) is 5.69 Å². The molecule has 102 valence electrons. The molecule has 5 heteroatoms. The monoisotopic (exact) mass is 270 g/mol. The lowest BCUT2D eigenvalue weighted by molar-refractivity contribution is 0.378. The third kappa shape index (κ3) is 5.51. The maximum Gasteiger partial charge on any atom is 0.215 e. The number of para-hydroxylation sites is 1. The van der Waals surface area contributed by atoms with E-state index in [0.29, 0.717) is 17.8 Å². The van der Waals surface area contributed by atoms with Crippen LogP contribution in [0.2, 0.25) is 0 Å². The summed E-state index contributed by atoms with van der Waals surface area (Å²) in [4.78, 5) is 0. The van der Waals surface area contributed by atoms with Gasteiger partial charge in [0.25, 0.3) is 0 Å². The first-order valence-electron chi connectivity index (χ1n) is 6.00. The molecule has 0 fully saturated rings. The lowest BCUT2D eigenvalue weighted by Gasteiger charge is -2.18. The number of sulfonamides is 1. The summed E-state index contributed by atoms with van der Waals surface area (Å²) >= 11 is 0. The number of hydrogen-bond donors (Lipinski definition) is 2. The lowest BCUT2D eigenvalue weighted by atomic mass is 9.93. The third-order valence-electron chi connectivity index (χ3n) is 2.60. The average molecular weight is 270 g/mol. The van der Waals surface area contributed by atoms with Gasteiger partial charge in [0, 0.05) is 12.2 Å². The van der Waals surface area contributed by atoms with Crippen LogP contribution in [0.1, 0.15) is 32.8 Å². The molecule has 0 saturated carbocycles. The molecule has 4 nitrogen and oxygen atoms in total. The van der Waals surface area contributed by atoms with Crippen molar-refractivity contribution in [2.45, 2.75) is 32.9 Å². The fourth-order valence-corrected chi connectivity index (χ4v) is 2.69. The predicted molar refractivity (Wildman–Crippen MR) is 75.6 cm³/mol. The van der Waals surface area contributed by atoms with Crippen LogP contribution >= 0.6 is 0 Å². The van der Waals surface area contributed by atoms with Crippen molar-refractivity contribution in [3.63, 3.8) is 0 Å². The molecule has 0 amide bonds. The number of nitrogens with two attached hydrogens (primary N) is 1. The van der Waals surface area contributed by atoms with E-state index in [2.05, 4.69) is 25.5 Å². The smallest absolute Gasteiger partial charge is 0.215 e. The van der Waals surface area contributed by atoms with Crippen LogP contribution in [0.3, 0.4) is 0 Å². The zero-order valence-electron chi connectivity index (χ0n) is 11.2. The predicted octanol–water partition coefficient (Wildman–Crippen LogP) is 2.12. The third-order valence-corrected chi connectivity index (χ3v) is 3.93. The maximum absolute atomic E-state index is 11.9. The SMILES string of the molecule is CC(C)(C)CCNS(=O)(=O)Cc1ccccc1N. The number of benzene rings is 1. The van der Waals surface area contributed by atoms with Gasteiger partial charge < -0.3 is 5.73 Å². The molecule has 0 atom stereocenters. The number of rotatable bonds is 5. The van der Waals surface area contributed by atoms with Crippen molar-refractivity contribution < 1.29 is 8.42 Å². The molecule has 0 aliphatic rings. The minimum Gasteiger partial charge on any atom is -0.398 e. The molecule has 0 bridgehead atoms. The minimum atomic E-state index is -3.31. The quantitative estimate of drug-likeness (QED) is 0.805. The molecule has 18 heavy (non-hydrogen) atoms. The normalized spacial score (nSPS) is 12.6. The summed E-state index contributed by atoms with van der Waals surface area (Å²) in [5, 5.41) is 0. The highest BCUT2D eigenvalue weighted by Gasteiger charge is 2.15. The van der Waals surface area contributed by atoms with Gasteiger partial charge in [-0.15, -0.1) is 0 Å². The summed E-state index contributed by atoms with van der Waals surface area (Å²) in [6.07, 6.45) is 0.802. The first kappa shape index (κ1) is 15.0. The van der Waals surface area contributed by atoms with Gasteiger partial charge in [0.2, 0.25) is 10.0 Å². The van der Waals surface area contributed by atoms with Gasteiger partial charge in [0.05, 0.1) is 5.75 Å². The summed E-state index contributed by atoms with van der Waals surface area (Å²) < 4.78 is 26.4. The van der Waals surface area contributed by atoms with Crippen LogP contribution in [0.15, 0.2) is 24.3 Å². The van der Waals surface area contributed by atoms with Gasteiger partial charge in [-0.1, -0.05) is 39.0 Å². The van der Waals surface area contributed by atoms with Crippen molar-refractivity contribution in [2.24, 2.45) is 5.41 Å². The number of nitrogens with one attached hydrogen (secondary N) is 1. The fraction of sp³-hybridized carbons (Fsp3) is 0.538. The Balaban J connectivity index is 2.58. The Morgan fingerprint density at radius 3 is 2.39 bits per heavy atom. The number of nitrogen functional groups attached to an aromatic ring is 1. The molecule has 0 heterocycles. The van der Waals surface area contributed by atoms with E-state index in [9.17, 15) is 8.42 Å². The largest absolute Gasteiger partial charge is 0.398 e. The second-order valence-corrected chi connectivity index (χ2v) is 7.47. The highest BCUT2D eigenvalue weighted by molar-refractivity contribution is 7.88. The Kier molecular flexibility index (Phi) is 4.76. The molecule has 0 spiro atoms. The molecule has 1 aromatic rings. The highest BCUT2D eigenvalue weighted by atomic mass is 32.2. The molecule has 0 radical (unpaired) electrons. The van der Waals surface area contributed by atoms with Crippen LogP contribution in [0.25, 0.3) is 0 Å². The first-order valence-corrected chi connectivity index (χ1v) is 7.66. The molecule has 1 aromatic carbocycles. The van der Waals surface area contributed by atoms with E-state index in [1.54, 1.807) is 24.3 Å². The van der Waals surface area contributed by atoms with Crippen molar-refractivity contribution in [2.75, 3.05) is 12.3 Å². The lowest BCUT2D eigenvalue weighted by Crippen LogP contribution is -2.28. The van der Waals surface area contributed by atoms with Crippen LogP contribution in [0.5, 0.6) is 0 Å². The van der Waals surface area contributed by atoms with Gasteiger partial charge in [-0.2, -0.15) is 0 Å². The van der Waals surface area contributed by atoms with E-state index in [-0.39, 0.29) is 11.2 Å². The van der Waals surface area contributed by atoms with E-state index in [0.717, 1.165) is 6.42 Å². The van der Waals surface area contributed by atoms with Gasteiger partial charge in [0.1, 0.15) is 0 Å². The second kappa shape index (κ2) is 5.71. The Morgan fingerprint density at radius 1 is 1.22 bits per heavy atom. The molecule has 0 unspecified atom stereocenters. The van der Waals surface area contributed by atoms with Crippen molar-refractivity contribution in [3.05, 3.63) is 29.8 Å². The highest BCUT2D eigenvalue weighted by Crippen LogP contribution is 2.18. The molecule has 1 rings (SSSR count). The van der Waals surface area contributed by atoms with Crippen LogP contribution in [-0.4, -0.2) is 15.0 Å². The Morgan fingerprint density at radius 2 is 1.83 bits per heavy atom. The molecule has 0 saturated heterocycles. The molecule has 0 aliphatic carbocycles. The molecule has 0 aromatic heterocycles. The minimum absolute atomic E-state index is 0.0657. The zero-order valence-corrected chi connectivity index (χ0v) is 12.0. The van der Waals surface area contributed by atoms with Gasteiger partial charge in [-0.3, -0.25) is 0 Å². The van der Waals surface area contributed by atoms with Gasteiger partial charge >= 0.3 is 0 Å². The van der Waals surface area contributed by atoms with Crippen LogP contribution < -0.4 is 10.5 Å². The summed E-state index contributed by atoms with van der Waals surface area (Å²) in [6, 6.07) is 7.02.